The van der Waals surface area contributed by atoms with Crippen LogP contribution in [-0.2, 0) is 16.1 Å². The molecule has 0 aliphatic heterocycles. The van der Waals surface area contributed by atoms with Crippen LogP contribution in [0, 0.1) is 5.41 Å². The van der Waals surface area contributed by atoms with Crippen LogP contribution in [0.5, 0.6) is 0 Å². The first kappa shape index (κ1) is 20.7. The third kappa shape index (κ3) is 4.36. The summed E-state index contributed by atoms with van der Waals surface area (Å²) in [6.45, 7) is 9.06. The highest BCUT2D eigenvalue weighted by Gasteiger charge is 2.26. The second-order valence-electron chi connectivity index (χ2n) is 7.75. The van der Waals surface area contributed by atoms with Gasteiger partial charge in [0, 0.05) is 34.0 Å². The quantitative estimate of drug-likeness (QED) is 0.441. The van der Waals surface area contributed by atoms with E-state index in [1.165, 1.54) is 10.9 Å². The molecule has 1 aromatic heterocycles. The summed E-state index contributed by atoms with van der Waals surface area (Å²) in [7, 11) is 0. The molecule has 2 aromatic carbocycles. The molecule has 29 heavy (non-hydrogen) atoms. The molecular weight excluding hydrogens is 366 g/mol. The normalized spacial score (nSPS) is 11.6. The van der Waals surface area contributed by atoms with E-state index in [2.05, 4.69) is 34.3 Å². The Morgan fingerprint density at radius 1 is 1.03 bits per heavy atom. The highest BCUT2D eigenvalue weighted by Crippen LogP contribution is 2.30. The Labute approximate surface area is 171 Å². The van der Waals surface area contributed by atoms with E-state index in [4.69, 9.17) is 4.74 Å². The Balaban J connectivity index is 1.62. The Morgan fingerprint density at radius 2 is 1.76 bits per heavy atom. The average molecular weight is 396 g/mol. The van der Waals surface area contributed by atoms with E-state index < -0.39 is 5.41 Å². The smallest absolute Gasteiger partial charge is 0.319 e. The number of esters is 1. The first-order valence-corrected chi connectivity index (χ1v) is 10.1. The van der Waals surface area contributed by atoms with Gasteiger partial charge in [0.2, 0.25) is 0 Å². The lowest BCUT2D eigenvalue weighted by Gasteiger charge is -2.20. The van der Waals surface area contributed by atoms with Crippen LogP contribution < -0.4 is 10.6 Å². The number of hydrogen-bond acceptors (Lipinski definition) is 3. The molecule has 0 radical (unpaired) electrons. The molecular formula is C23H29N3O3. The second kappa shape index (κ2) is 8.55. The largest absolute Gasteiger partial charge is 0.463 e. The van der Waals surface area contributed by atoms with Gasteiger partial charge in [-0.05, 0) is 51.5 Å². The zero-order valence-electron chi connectivity index (χ0n) is 17.5. The van der Waals surface area contributed by atoms with Crippen molar-refractivity contribution in [2.24, 2.45) is 5.41 Å². The lowest BCUT2D eigenvalue weighted by Crippen LogP contribution is -2.34. The number of nitrogens with one attached hydrogen (secondary N) is 2. The number of fused-ring (bicyclic) bond motifs is 3. The van der Waals surface area contributed by atoms with E-state index in [0.29, 0.717) is 6.42 Å². The molecule has 0 atom stereocenters. The Hall–Kier alpha value is -3.02. The minimum Gasteiger partial charge on any atom is -0.463 e. The fourth-order valence-electron chi connectivity index (χ4n) is 3.30. The molecule has 0 aliphatic rings. The molecule has 0 saturated heterocycles. The van der Waals surface area contributed by atoms with Crippen LogP contribution in [0.25, 0.3) is 21.8 Å². The van der Waals surface area contributed by atoms with Crippen molar-refractivity contribution in [3.63, 3.8) is 0 Å². The molecule has 2 amide bonds. The van der Waals surface area contributed by atoms with E-state index >= 15 is 0 Å². The third-order valence-electron chi connectivity index (χ3n) is 5.40. The molecule has 0 aliphatic carbocycles. The van der Waals surface area contributed by atoms with Crippen molar-refractivity contribution in [1.82, 2.24) is 9.88 Å². The highest BCUT2D eigenvalue weighted by atomic mass is 16.5. The lowest BCUT2D eigenvalue weighted by atomic mass is 9.91. The molecule has 6 heteroatoms. The van der Waals surface area contributed by atoms with Crippen LogP contribution in [0.15, 0.2) is 42.5 Å². The molecule has 0 unspecified atom stereocenters. The topological polar surface area (TPSA) is 72.4 Å². The van der Waals surface area contributed by atoms with E-state index in [-0.39, 0.29) is 25.2 Å². The van der Waals surface area contributed by atoms with Crippen LogP contribution in [0.4, 0.5) is 10.5 Å². The van der Waals surface area contributed by atoms with Crippen molar-refractivity contribution in [3.05, 3.63) is 42.5 Å². The van der Waals surface area contributed by atoms with Crippen molar-refractivity contribution >= 4 is 39.5 Å². The summed E-state index contributed by atoms with van der Waals surface area (Å²) >= 11 is 0. The predicted molar refractivity (Wildman–Crippen MR) is 117 cm³/mol. The number of hydrogen-bond donors (Lipinski definition) is 2. The third-order valence-corrected chi connectivity index (χ3v) is 5.40. The van der Waals surface area contributed by atoms with Crippen LogP contribution in [0.2, 0.25) is 0 Å². The van der Waals surface area contributed by atoms with Gasteiger partial charge >= 0.3 is 12.0 Å². The maximum absolute atomic E-state index is 12.2. The Kier molecular flexibility index (Phi) is 6.11. The number of benzene rings is 2. The molecule has 3 aromatic rings. The first-order valence-electron chi connectivity index (χ1n) is 10.1. The molecule has 2 N–H and O–H groups in total. The molecule has 3 rings (SSSR count). The molecule has 0 saturated carbocycles. The summed E-state index contributed by atoms with van der Waals surface area (Å²) < 4.78 is 7.50. The number of carbonyl (C=O) groups excluding carboxylic acids is 2. The van der Waals surface area contributed by atoms with Crippen LogP contribution in [0.3, 0.4) is 0 Å². The SMILES string of the molecule is CCn1c2ccccc2c2cc(NC(=O)NCCOC(=O)C(C)(C)CC)ccc21. The van der Waals surface area contributed by atoms with Gasteiger partial charge in [0.1, 0.15) is 6.61 Å². The number of anilines is 1. The van der Waals surface area contributed by atoms with Gasteiger partial charge < -0.3 is 19.9 Å². The zero-order valence-corrected chi connectivity index (χ0v) is 17.5. The molecule has 6 nitrogen and oxygen atoms in total. The highest BCUT2D eigenvalue weighted by molar-refractivity contribution is 6.09. The fraction of sp³-hybridized carbons (Fsp3) is 0.391. The zero-order chi connectivity index (χ0) is 21.0. The van der Waals surface area contributed by atoms with Crippen LogP contribution in [-0.4, -0.2) is 29.7 Å². The Morgan fingerprint density at radius 3 is 2.48 bits per heavy atom. The van der Waals surface area contributed by atoms with Crippen LogP contribution in [0.1, 0.15) is 34.1 Å². The molecule has 0 bridgehead atoms. The molecule has 0 fully saturated rings. The molecule has 1 heterocycles. The summed E-state index contributed by atoms with van der Waals surface area (Å²) in [5, 5.41) is 7.85. The summed E-state index contributed by atoms with van der Waals surface area (Å²) in [4.78, 5) is 24.1. The Bertz CT molecular complexity index is 1040. The lowest BCUT2D eigenvalue weighted by molar-refractivity contribution is -0.153. The van der Waals surface area contributed by atoms with Crippen molar-refractivity contribution in [3.8, 4) is 0 Å². The van der Waals surface area contributed by atoms with Crippen molar-refractivity contribution in [2.75, 3.05) is 18.5 Å². The van der Waals surface area contributed by atoms with E-state index in [9.17, 15) is 9.59 Å². The predicted octanol–water partition coefficient (Wildman–Crippen LogP) is 4.92. The molecule has 0 spiro atoms. The number of aryl methyl sites for hydroxylation is 1. The number of nitrogens with zero attached hydrogens (tertiary/aromatic N) is 1. The number of para-hydroxylation sites is 1. The maximum Gasteiger partial charge on any atom is 0.319 e. The van der Waals surface area contributed by atoms with Crippen LogP contribution >= 0.6 is 0 Å². The first-order chi connectivity index (χ1) is 13.9. The minimum atomic E-state index is -0.505. The number of carbonyl (C=O) groups is 2. The van der Waals surface area contributed by atoms with Gasteiger partial charge in [-0.2, -0.15) is 0 Å². The average Bonchev–Trinajstić information content (AvgIpc) is 3.04. The minimum absolute atomic E-state index is 0.151. The van der Waals surface area contributed by atoms with Gasteiger partial charge in [0.15, 0.2) is 0 Å². The fourth-order valence-corrected chi connectivity index (χ4v) is 3.30. The number of urea groups is 1. The second-order valence-corrected chi connectivity index (χ2v) is 7.75. The van der Waals surface area contributed by atoms with E-state index in [1.54, 1.807) is 0 Å². The van der Waals surface area contributed by atoms with Gasteiger partial charge in [-0.1, -0.05) is 25.1 Å². The van der Waals surface area contributed by atoms with Gasteiger partial charge in [-0.15, -0.1) is 0 Å². The maximum atomic E-state index is 12.2. The number of rotatable bonds is 7. The monoisotopic (exact) mass is 395 g/mol. The van der Waals surface area contributed by atoms with E-state index in [0.717, 1.165) is 23.1 Å². The number of aromatic nitrogens is 1. The summed E-state index contributed by atoms with van der Waals surface area (Å²) in [5.41, 5.74) is 2.54. The molecule has 154 valence electrons. The number of ether oxygens (including phenoxy) is 1. The number of amides is 2. The van der Waals surface area contributed by atoms with Crippen molar-refractivity contribution in [1.29, 1.82) is 0 Å². The van der Waals surface area contributed by atoms with Gasteiger partial charge in [0.05, 0.1) is 12.0 Å². The van der Waals surface area contributed by atoms with Gasteiger partial charge in [-0.25, -0.2) is 4.79 Å². The van der Waals surface area contributed by atoms with Gasteiger partial charge in [-0.3, -0.25) is 4.79 Å². The van der Waals surface area contributed by atoms with Gasteiger partial charge in [0.25, 0.3) is 0 Å². The van der Waals surface area contributed by atoms with Crippen molar-refractivity contribution < 1.29 is 14.3 Å². The standard InChI is InChI=1S/C23H29N3O3/c1-5-23(3,4)21(27)29-14-13-24-22(28)25-16-11-12-20-18(15-16)17-9-7-8-10-19(17)26(20)6-2/h7-12,15H,5-6,13-14H2,1-4H3,(H2,24,25,28). The van der Waals surface area contributed by atoms with Crippen molar-refractivity contribution in [2.45, 2.75) is 40.7 Å². The van der Waals surface area contributed by atoms with E-state index in [1.807, 2.05) is 51.1 Å². The summed E-state index contributed by atoms with van der Waals surface area (Å²) in [6, 6.07) is 13.9. The summed E-state index contributed by atoms with van der Waals surface area (Å²) in [5.74, 6) is -0.250. The summed E-state index contributed by atoms with van der Waals surface area (Å²) in [6.07, 6.45) is 0.705.